The number of nitrogens with one attached hydrogen (secondary N) is 1. The summed E-state index contributed by atoms with van der Waals surface area (Å²) < 4.78 is 16.7. The molecule has 0 spiro atoms. The molecule has 0 atom stereocenters. The highest BCUT2D eigenvalue weighted by Gasteiger charge is 2.39. The molecule has 7 nitrogen and oxygen atoms in total. The van der Waals surface area contributed by atoms with E-state index < -0.39 is 5.60 Å². The fraction of sp³-hybridized carbons (Fsp3) is 0.286. The van der Waals surface area contributed by atoms with Crippen molar-refractivity contribution in [2.45, 2.75) is 24.5 Å². The van der Waals surface area contributed by atoms with Gasteiger partial charge in [0.15, 0.2) is 5.60 Å². The zero-order valence-electron chi connectivity index (χ0n) is 19.2. The maximum absolute atomic E-state index is 10.4. The van der Waals surface area contributed by atoms with E-state index in [1.54, 1.807) is 6.20 Å². The number of benzene rings is 2. The largest absolute Gasteiger partial charge is 0.489 e. The number of nitrogens with zero attached hydrogens (tertiary/aromatic N) is 2. The minimum atomic E-state index is -0.981. The molecule has 0 aliphatic carbocycles. The molecule has 0 saturated carbocycles. The number of aromatic nitrogens is 2. The molecule has 7 heteroatoms. The third-order valence-electron chi connectivity index (χ3n) is 6.77. The lowest BCUT2D eigenvalue weighted by Crippen LogP contribution is -2.47. The topological polar surface area (TPSA) is 100 Å². The van der Waals surface area contributed by atoms with E-state index in [9.17, 15) is 10.4 Å². The van der Waals surface area contributed by atoms with E-state index in [0.29, 0.717) is 30.2 Å². The number of rotatable bonds is 5. The van der Waals surface area contributed by atoms with Gasteiger partial charge in [0.1, 0.15) is 17.9 Å². The summed E-state index contributed by atoms with van der Waals surface area (Å²) in [7, 11) is 0. The summed E-state index contributed by atoms with van der Waals surface area (Å²) >= 11 is 0. The number of nitriles is 1. The van der Waals surface area contributed by atoms with E-state index in [1.165, 1.54) is 0 Å². The van der Waals surface area contributed by atoms with Crippen LogP contribution >= 0.6 is 0 Å². The van der Waals surface area contributed by atoms with Crippen LogP contribution in [0.2, 0.25) is 0 Å². The van der Waals surface area contributed by atoms with Crippen LogP contribution in [0.3, 0.4) is 0 Å². The highest BCUT2D eigenvalue weighted by molar-refractivity contribution is 5.98. The number of H-pyrrole nitrogens is 1. The van der Waals surface area contributed by atoms with E-state index in [1.807, 2.05) is 42.5 Å². The standard InChI is InChI=1S/C28H25N3O4/c29-14-20-12-18(4-6-26(20)35-21-8-10-33-11-9-21)22-2-1-3-24-23(22)13-25(31-24)19-5-7-27(30-15-19)28(32)16-34-17-28/h1-7,12-13,15,21,31-32H,8-11,16-17H2. The Hall–Kier alpha value is -3.70. The molecule has 2 aromatic heterocycles. The molecule has 2 aliphatic heterocycles. The molecule has 0 amide bonds. The summed E-state index contributed by atoms with van der Waals surface area (Å²) in [5.41, 5.74) is 5.01. The van der Waals surface area contributed by atoms with Gasteiger partial charge >= 0.3 is 0 Å². The van der Waals surface area contributed by atoms with Crippen molar-refractivity contribution >= 4 is 10.9 Å². The molecule has 176 valence electrons. The molecule has 4 aromatic rings. The van der Waals surface area contributed by atoms with Gasteiger partial charge in [0.25, 0.3) is 0 Å². The molecule has 0 radical (unpaired) electrons. The fourth-order valence-electron chi connectivity index (χ4n) is 4.70. The van der Waals surface area contributed by atoms with Crippen molar-refractivity contribution in [3.05, 3.63) is 72.1 Å². The van der Waals surface area contributed by atoms with E-state index in [4.69, 9.17) is 14.2 Å². The Morgan fingerprint density at radius 1 is 1.03 bits per heavy atom. The van der Waals surface area contributed by atoms with Crippen molar-refractivity contribution in [3.8, 4) is 34.2 Å². The van der Waals surface area contributed by atoms with Crippen molar-refractivity contribution in [2.75, 3.05) is 26.4 Å². The predicted molar refractivity (Wildman–Crippen MR) is 131 cm³/mol. The molecular weight excluding hydrogens is 442 g/mol. The van der Waals surface area contributed by atoms with E-state index >= 15 is 0 Å². The van der Waals surface area contributed by atoms with Crippen LogP contribution < -0.4 is 4.74 Å². The van der Waals surface area contributed by atoms with Crippen LogP contribution in [0.5, 0.6) is 5.75 Å². The van der Waals surface area contributed by atoms with Gasteiger partial charge in [-0.3, -0.25) is 4.98 Å². The molecule has 4 heterocycles. The minimum Gasteiger partial charge on any atom is -0.489 e. The van der Waals surface area contributed by atoms with Crippen LogP contribution in [-0.4, -0.2) is 47.6 Å². The van der Waals surface area contributed by atoms with Gasteiger partial charge in [0.05, 0.1) is 37.7 Å². The van der Waals surface area contributed by atoms with Gasteiger partial charge in [-0.15, -0.1) is 0 Å². The molecule has 2 aliphatic rings. The number of pyridine rings is 1. The molecule has 2 N–H and O–H groups in total. The lowest BCUT2D eigenvalue weighted by Gasteiger charge is -2.35. The Balaban J connectivity index is 1.31. The van der Waals surface area contributed by atoms with Crippen LogP contribution in [0.25, 0.3) is 33.3 Å². The van der Waals surface area contributed by atoms with Crippen LogP contribution in [0.4, 0.5) is 0 Å². The predicted octanol–water partition coefficient (Wildman–Crippen LogP) is 4.54. The minimum absolute atomic E-state index is 0.0786. The Labute approximate surface area is 202 Å². The highest BCUT2D eigenvalue weighted by atomic mass is 16.5. The number of fused-ring (bicyclic) bond motifs is 1. The smallest absolute Gasteiger partial charge is 0.153 e. The number of hydrogen-bond donors (Lipinski definition) is 2. The van der Waals surface area contributed by atoms with Crippen molar-refractivity contribution < 1.29 is 19.3 Å². The first-order valence-corrected chi connectivity index (χ1v) is 11.8. The quantitative estimate of drug-likeness (QED) is 0.447. The van der Waals surface area contributed by atoms with Gasteiger partial charge in [-0.2, -0.15) is 5.26 Å². The first-order valence-electron chi connectivity index (χ1n) is 11.8. The second-order valence-electron chi connectivity index (χ2n) is 9.16. The van der Waals surface area contributed by atoms with E-state index in [2.05, 4.69) is 28.2 Å². The van der Waals surface area contributed by atoms with Crippen LogP contribution in [0.1, 0.15) is 24.1 Å². The molecule has 0 unspecified atom stereocenters. The Morgan fingerprint density at radius 2 is 1.86 bits per heavy atom. The van der Waals surface area contributed by atoms with Crippen molar-refractivity contribution in [2.24, 2.45) is 0 Å². The maximum Gasteiger partial charge on any atom is 0.153 e. The van der Waals surface area contributed by atoms with Gasteiger partial charge in [0.2, 0.25) is 0 Å². The SMILES string of the molecule is N#Cc1cc(-c2cccc3[nH]c(-c4ccc(C5(O)COC5)nc4)cc23)ccc1OC1CCOCC1. The molecule has 2 aromatic carbocycles. The van der Waals surface area contributed by atoms with Gasteiger partial charge in [-0.05, 0) is 47.5 Å². The Kier molecular flexibility index (Phi) is 5.50. The average Bonchev–Trinajstić information content (AvgIpc) is 3.33. The lowest BCUT2D eigenvalue weighted by atomic mass is 9.96. The summed E-state index contributed by atoms with van der Waals surface area (Å²) in [6.45, 7) is 1.93. The third-order valence-corrected chi connectivity index (χ3v) is 6.77. The molecule has 2 saturated heterocycles. The van der Waals surface area contributed by atoms with E-state index in [0.717, 1.165) is 46.1 Å². The van der Waals surface area contributed by atoms with Gasteiger partial charge in [0, 0.05) is 41.2 Å². The molecule has 6 rings (SSSR count). The summed E-state index contributed by atoms with van der Waals surface area (Å²) in [6, 6.07) is 20.1. The van der Waals surface area contributed by atoms with Crippen molar-refractivity contribution in [1.82, 2.24) is 9.97 Å². The Bertz CT molecular complexity index is 1410. The first-order chi connectivity index (χ1) is 17.1. The zero-order valence-corrected chi connectivity index (χ0v) is 19.2. The zero-order chi connectivity index (χ0) is 23.8. The third kappa shape index (κ3) is 4.06. The van der Waals surface area contributed by atoms with Crippen LogP contribution in [0, 0.1) is 11.3 Å². The highest BCUT2D eigenvalue weighted by Crippen LogP contribution is 2.35. The molecular formula is C28H25N3O4. The molecule has 0 bridgehead atoms. The summed E-state index contributed by atoms with van der Waals surface area (Å²) in [6.07, 6.45) is 3.52. The van der Waals surface area contributed by atoms with Crippen LogP contribution in [-0.2, 0) is 15.1 Å². The first kappa shape index (κ1) is 21.8. The monoisotopic (exact) mass is 467 g/mol. The van der Waals surface area contributed by atoms with Gasteiger partial charge in [-0.1, -0.05) is 18.2 Å². The van der Waals surface area contributed by atoms with E-state index in [-0.39, 0.29) is 19.3 Å². The second kappa shape index (κ2) is 8.82. The number of hydrogen-bond acceptors (Lipinski definition) is 6. The van der Waals surface area contributed by atoms with Crippen molar-refractivity contribution in [1.29, 1.82) is 5.26 Å². The molecule has 35 heavy (non-hydrogen) atoms. The average molecular weight is 468 g/mol. The maximum atomic E-state index is 10.4. The van der Waals surface area contributed by atoms with Crippen LogP contribution in [0.15, 0.2) is 60.8 Å². The fourth-order valence-corrected chi connectivity index (χ4v) is 4.70. The van der Waals surface area contributed by atoms with Gasteiger partial charge in [-0.25, -0.2) is 0 Å². The summed E-state index contributed by atoms with van der Waals surface area (Å²) in [5, 5.41) is 21.3. The Morgan fingerprint density at radius 3 is 2.57 bits per heavy atom. The number of ether oxygens (including phenoxy) is 3. The number of aliphatic hydroxyl groups is 1. The summed E-state index contributed by atoms with van der Waals surface area (Å²) in [5.74, 6) is 0.620. The molecule has 2 fully saturated rings. The van der Waals surface area contributed by atoms with Crippen molar-refractivity contribution in [3.63, 3.8) is 0 Å². The second-order valence-corrected chi connectivity index (χ2v) is 9.16. The summed E-state index contributed by atoms with van der Waals surface area (Å²) in [4.78, 5) is 7.95. The lowest BCUT2D eigenvalue weighted by molar-refractivity contribution is -0.186. The van der Waals surface area contributed by atoms with Gasteiger partial charge < -0.3 is 24.3 Å². The normalized spacial score (nSPS) is 17.6. The number of aromatic amines is 1.